The predicted octanol–water partition coefficient (Wildman–Crippen LogP) is 3.91. The number of anilines is 3. The molecule has 0 radical (unpaired) electrons. The van der Waals surface area contributed by atoms with E-state index in [1.54, 1.807) is 19.1 Å². The summed E-state index contributed by atoms with van der Waals surface area (Å²) in [6, 6.07) is 6.99. The average molecular weight is 343 g/mol. The van der Waals surface area contributed by atoms with E-state index >= 15 is 0 Å². The Bertz CT molecular complexity index is 728. The van der Waals surface area contributed by atoms with Crippen LogP contribution in [-0.2, 0) is 0 Å². The molecule has 0 saturated heterocycles. The lowest BCUT2D eigenvalue weighted by Crippen LogP contribution is -2.17. The standard InChI is InChI=1S/C19H26FN5/c1-13-11-15(7-8-16(13)20)22-18-12-17(14-5-6-14)23-19(24-18)21-9-4-10-25(2)3/h7-8,11-12,14H,4-6,9-10H2,1-3H3,(H2,21,22,23,24). The molecule has 0 unspecified atom stereocenters. The van der Waals surface area contributed by atoms with Gasteiger partial charge in [0.05, 0.1) is 5.69 Å². The zero-order chi connectivity index (χ0) is 17.8. The molecule has 25 heavy (non-hydrogen) atoms. The van der Waals surface area contributed by atoms with E-state index in [-0.39, 0.29) is 5.82 Å². The molecule has 1 fully saturated rings. The maximum atomic E-state index is 13.4. The van der Waals surface area contributed by atoms with Gasteiger partial charge in [-0.3, -0.25) is 0 Å². The van der Waals surface area contributed by atoms with E-state index in [9.17, 15) is 4.39 Å². The number of halogens is 1. The molecule has 134 valence electrons. The van der Waals surface area contributed by atoms with Gasteiger partial charge in [-0.2, -0.15) is 4.98 Å². The summed E-state index contributed by atoms with van der Waals surface area (Å²) in [5.41, 5.74) is 2.52. The maximum Gasteiger partial charge on any atom is 0.224 e. The molecule has 1 aromatic heterocycles. The number of aromatic nitrogens is 2. The number of hydrogen-bond donors (Lipinski definition) is 2. The quantitative estimate of drug-likeness (QED) is 0.712. The number of benzene rings is 1. The normalized spacial score (nSPS) is 14.0. The summed E-state index contributed by atoms with van der Waals surface area (Å²) in [4.78, 5) is 11.4. The monoisotopic (exact) mass is 343 g/mol. The molecule has 0 spiro atoms. The highest BCUT2D eigenvalue weighted by molar-refractivity contribution is 5.59. The lowest BCUT2D eigenvalue weighted by Gasteiger charge is -2.13. The molecule has 3 rings (SSSR count). The fourth-order valence-corrected chi connectivity index (χ4v) is 2.66. The van der Waals surface area contributed by atoms with Crippen LogP contribution in [0, 0.1) is 12.7 Å². The molecule has 0 atom stereocenters. The third-order valence-electron chi connectivity index (χ3n) is 4.24. The van der Waals surface area contributed by atoms with Crippen LogP contribution in [-0.4, -0.2) is 42.1 Å². The van der Waals surface area contributed by atoms with Crippen molar-refractivity contribution in [3.63, 3.8) is 0 Å². The van der Waals surface area contributed by atoms with Crippen molar-refractivity contribution in [2.24, 2.45) is 0 Å². The second kappa shape index (κ2) is 7.78. The maximum absolute atomic E-state index is 13.4. The molecule has 0 aliphatic heterocycles. The summed E-state index contributed by atoms with van der Waals surface area (Å²) in [6.45, 7) is 3.62. The van der Waals surface area contributed by atoms with Crippen LogP contribution in [0.25, 0.3) is 0 Å². The van der Waals surface area contributed by atoms with Crippen molar-refractivity contribution in [2.45, 2.75) is 32.1 Å². The number of nitrogens with one attached hydrogen (secondary N) is 2. The third-order valence-corrected chi connectivity index (χ3v) is 4.24. The molecule has 1 aliphatic carbocycles. The van der Waals surface area contributed by atoms with Gasteiger partial charge in [0.25, 0.3) is 0 Å². The summed E-state index contributed by atoms with van der Waals surface area (Å²) < 4.78 is 13.4. The van der Waals surface area contributed by atoms with Gasteiger partial charge in [0, 0.05) is 24.2 Å². The van der Waals surface area contributed by atoms with Gasteiger partial charge in [0.15, 0.2) is 0 Å². The molecule has 2 aromatic rings. The Morgan fingerprint density at radius 2 is 2.00 bits per heavy atom. The summed E-state index contributed by atoms with van der Waals surface area (Å²) in [6.07, 6.45) is 3.41. The van der Waals surface area contributed by atoms with Crippen LogP contribution >= 0.6 is 0 Å². The van der Waals surface area contributed by atoms with E-state index in [1.165, 1.54) is 18.9 Å². The van der Waals surface area contributed by atoms with Crippen LogP contribution in [0.2, 0.25) is 0 Å². The molecular formula is C19H26FN5. The van der Waals surface area contributed by atoms with Gasteiger partial charge in [-0.1, -0.05) is 0 Å². The zero-order valence-corrected chi connectivity index (χ0v) is 15.1. The van der Waals surface area contributed by atoms with Crippen LogP contribution in [0.15, 0.2) is 24.3 Å². The van der Waals surface area contributed by atoms with E-state index in [0.29, 0.717) is 17.4 Å². The molecule has 0 amide bonds. The van der Waals surface area contributed by atoms with Crippen LogP contribution in [0.1, 0.15) is 36.4 Å². The van der Waals surface area contributed by atoms with E-state index in [4.69, 9.17) is 0 Å². The molecule has 5 nitrogen and oxygen atoms in total. The van der Waals surface area contributed by atoms with Crippen molar-refractivity contribution in [1.29, 1.82) is 0 Å². The minimum atomic E-state index is -0.199. The summed E-state index contributed by atoms with van der Waals surface area (Å²) in [5, 5.41) is 6.60. The molecule has 1 saturated carbocycles. The van der Waals surface area contributed by atoms with Crippen LogP contribution < -0.4 is 10.6 Å². The highest BCUT2D eigenvalue weighted by Crippen LogP contribution is 2.40. The Labute approximate surface area is 148 Å². The first-order valence-corrected chi connectivity index (χ1v) is 8.82. The highest BCUT2D eigenvalue weighted by atomic mass is 19.1. The van der Waals surface area contributed by atoms with Crippen molar-refractivity contribution in [1.82, 2.24) is 14.9 Å². The van der Waals surface area contributed by atoms with E-state index in [0.717, 1.165) is 36.7 Å². The number of aryl methyl sites for hydroxylation is 1. The molecule has 6 heteroatoms. The largest absolute Gasteiger partial charge is 0.354 e. The fourth-order valence-electron chi connectivity index (χ4n) is 2.66. The first-order valence-electron chi connectivity index (χ1n) is 8.82. The second-order valence-corrected chi connectivity index (χ2v) is 6.95. The Morgan fingerprint density at radius 1 is 1.20 bits per heavy atom. The summed E-state index contributed by atoms with van der Waals surface area (Å²) >= 11 is 0. The van der Waals surface area contributed by atoms with E-state index in [1.807, 2.05) is 6.07 Å². The molecule has 0 bridgehead atoms. The van der Waals surface area contributed by atoms with Gasteiger partial charge in [-0.25, -0.2) is 9.37 Å². The van der Waals surface area contributed by atoms with E-state index < -0.39 is 0 Å². The molecule has 2 N–H and O–H groups in total. The first kappa shape index (κ1) is 17.6. The van der Waals surface area contributed by atoms with Crippen molar-refractivity contribution in [3.05, 3.63) is 41.3 Å². The van der Waals surface area contributed by atoms with Crippen molar-refractivity contribution >= 4 is 17.5 Å². The Hall–Kier alpha value is -2.21. The first-order chi connectivity index (χ1) is 12.0. The number of rotatable bonds is 8. The van der Waals surface area contributed by atoms with Gasteiger partial charge in [-0.15, -0.1) is 0 Å². The Kier molecular flexibility index (Phi) is 5.48. The lowest BCUT2D eigenvalue weighted by atomic mass is 10.2. The minimum Gasteiger partial charge on any atom is -0.354 e. The molecule has 1 aliphatic rings. The highest BCUT2D eigenvalue weighted by Gasteiger charge is 2.26. The lowest BCUT2D eigenvalue weighted by molar-refractivity contribution is 0.405. The Balaban J connectivity index is 1.72. The smallest absolute Gasteiger partial charge is 0.224 e. The van der Waals surface area contributed by atoms with Crippen molar-refractivity contribution < 1.29 is 4.39 Å². The summed E-state index contributed by atoms with van der Waals surface area (Å²) in [7, 11) is 4.13. The SMILES string of the molecule is Cc1cc(Nc2cc(C3CC3)nc(NCCCN(C)C)n2)ccc1F. The second-order valence-electron chi connectivity index (χ2n) is 6.95. The molecule has 1 heterocycles. The average Bonchev–Trinajstić information content (AvgIpc) is 3.40. The number of hydrogen-bond acceptors (Lipinski definition) is 5. The topological polar surface area (TPSA) is 53.1 Å². The van der Waals surface area contributed by atoms with Crippen LogP contribution in [0.5, 0.6) is 0 Å². The molecule has 1 aromatic carbocycles. The van der Waals surface area contributed by atoms with Crippen LogP contribution in [0.3, 0.4) is 0 Å². The summed E-state index contributed by atoms with van der Waals surface area (Å²) in [5.74, 6) is 1.75. The van der Waals surface area contributed by atoms with Crippen LogP contribution in [0.4, 0.5) is 21.8 Å². The van der Waals surface area contributed by atoms with E-state index in [2.05, 4.69) is 39.6 Å². The predicted molar refractivity (Wildman–Crippen MR) is 100 cm³/mol. The Morgan fingerprint density at radius 3 is 2.68 bits per heavy atom. The van der Waals surface area contributed by atoms with Crippen molar-refractivity contribution in [3.8, 4) is 0 Å². The zero-order valence-electron chi connectivity index (χ0n) is 15.1. The third kappa shape index (κ3) is 5.13. The van der Waals surface area contributed by atoms with Gasteiger partial charge in [0.2, 0.25) is 5.95 Å². The van der Waals surface area contributed by atoms with Crippen molar-refractivity contribution in [2.75, 3.05) is 37.8 Å². The van der Waals surface area contributed by atoms with Gasteiger partial charge in [0.1, 0.15) is 11.6 Å². The number of nitrogens with zero attached hydrogens (tertiary/aromatic N) is 3. The van der Waals surface area contributed by atoms with Gasteiger partial charge >= 0.3 is 0 Å². The fraction of sp³-hybridized carbons (Fsp3) is 0.474. The van der Waals surface area contributed by atoms with Gasteiger partial charge < -0.3 is 15.5 Å². The molecular weight excluding hydrogens is 317 g/mol. The minimum absolute atomic E-state index is 0.199. The van der Waals surface area contributed by atoms with Gasteiger partial charge in [-0.05, 0) is 70.6 Å².